The number of nitriles is 1. The molecule has 1 aliphatic rings. The lowest BCUT2D eigenvalue weighted by Crippen LogP contribution is -2.35. The number of hydrogen-bond acceptors (Lipinski definition) is 7. The fourth-order valence-corrected chi connectivity index (χ4v) is 5.91. The molecule has 0 amide bonds. The maximum atomic E-state index is 13.4. The average molecular weight is 509 g/mol. The number of nitrogens with zero attached hydrogens (tertiary/aromatic N) is 4. The first kappa shape index (κ1) is 24.7. The first-order chi connectivity index (χ1) is 16.5. The first-order valence-corrected chi connectivity index (χ1v) is 12.6. The van der Waals surface area contributed by atoms with Gasteiger partial charge in [-0.2, -0.15) is 5.26 Å². The third-order valence-corrected chi connectivity index (χ3v) is 7.88. The van der Waals surface area contributed by atoms with E-state index in [2.05, 4.69) is 21.4 Å². The molecule has 0 aliphatic heterocycles. The van der Waals surface area contributed by atoms with Crippen molar-refractivity contribution >= 4 is 39.3 Å². The molecule has 1 aliphatic carbocycles. The Balaban J connectivity index is 0.00000289. The summed E-state index contributed by atoms with van der Waals surface area (Å²) < 4.78 is 28.2. The molecule has 2 atom stereocenters. The number of aromatic nitrogens is 3. The van der Waals surface area contributed by atoms with Crippen LogP contribution in [0.5, 0.6) is 0 Å². The van der Waals surface area contributed by atoms with Gasteiger partial charge in [0.15, 0.2) is 0 Å². The first-order valence-electron chi connectivity index (χ1n) is 11.2. The van der Waals surface area contributed by atoms with E-state index in [0.29, 0.717) is 28.1 Å². The molecule has 0 radical (unpaired) electrons. The Hall–Kier alpha value is -3.45. The molecule has 3 N–H and O–H groups in total. The van der Waals surface area contributed by atoms with Gasteiger partial charge < -0.3 is 11.1 Å². The van der Waals surface area contributed by atoms with E-state index in [9.17, 15) is 13.7 Å². The van der Waals surface area contributed by atoms with Crippen LogP contribution in [0.1, 0.15) is 31.2 Å². The fraction of sp³-hybridized carbons (Fsp3) is 0.240. The molecule has 35 heavy (non-hydrogen) atoms. The lowest BCUT2D eigenvalue weighted by atomic mass is 9.92. The van der Waals surface area contributed by atoms with Gasteiger partial charge in [0, 0.05) is 29.2 Å². The quantitative estimate of drug-likeness (QED) is 0.411. The molecule has 2 aromatic heterocycles. The highest BCUT2D eigenvalue weighted by molar-refractivity contribution is 7.90. The summed E-state index contributed by atoms with van der Waals surface area (Å²) in [6.07, 6.45) is 6.86. The summed E-state index contributed by atoms with van der Waals surface area (Å²) in [4.78, 5) is 9.17. The van der Waals surface area contributed by atoms with Gasteiger partial charge in [-0.25, -0.2) is 22.4 Å². The highest BCUT2D eigenvalue weighted by atomic mass is 35.5. The maximum absolute atomic E-state index is 13.4. The Morgan fingerprint density at radius 2 is 1.83 bits per heavy atom. The molecular weight excluding hydrogens is 484 g/mol. The maximum Gasteiger partial charge on any atom is 0.268 e. The minimum atomic E-state index is -3.85. The summed E-state index contributed by atoms with van der Waals surface area (Å²) in [6, 6.07) is 17.9. The fourth-order valence-electron chi connectivity index (χ4n) is 4.52. The standard InChI is InChI=1S/C25H24N6O2S.ClH/c26-14-17-15-28-25(29-19-8-6-7-18(27)13-19)30-24(17)22-16-31(23-12-5-4-11-21(22)23)34(32,33)20-9-2-1-3-10-20;/h1-5,9-12,15-16,18-19H,6-8,13,27H2,(H,28,29,30);1H/t18-,19+;/m0./s1. The Morgan fingerprint density at radius 3 is 2.57 bits per heavy atom. The minimum Gasteiger partial charge on any atom is -0.351 e. The molecule has 0 spiro atoms. The highest BCUT2D eigenvalue weighted by Gasteiger charge is 2.24. The Morgan fingerprint density at radius 1 is 1.09 bits per heavy atom. The zero-order valence-corrected chi connectivity index (χ0v) is 20.5. The second kappa shape index (κ2) is 10.0. The van der Waals surface area contributed by atoms with Gasteiger partial charge in [0.1, 0.15) is 6.07 Å². The van der Waals surface area contributed by atoms with Gasteiger partial charge in [0.2, 0.25) is 5.95 Å². The molecule has 180 valence electrons. The van der Waals surface area contributed by atoms with Gasteiger partial charge in [-0.05, 0) is 43.9 Å². The topological polar surface area (TPSA) is 127 Å². The van der Waals surface area contributed by atoms with E-state index in [1.54, 1.807) is 42.5 Å². The molecule has 0 saturated heterocycles. The van der Waals surface area contributed by atoms with Gasteiger partial charge in [-0.3, -0.25) is 0 Å². The molecule has 8 nitrogen and oxygen atoms in total. The number of nitrogens with two attached hydrogens (primary N) is 1. The Bertz CT molecular complexity index is 1500. The highest BCUT2D eigenvalue weighted by Crippen LogP contribution is 2.34. The molecule has 10 heteroatoms. The van der Waals surface area contributed by atoms with Crippen molar-refractivity contribution in [2.45, 2.75) is 42.7 Å². The van der Waals surface area contributed by atoms with Gasteiger partial charge in [-0.15, -0.1) is 12.4 Å². The van der Waals surface area contributed by atoms with Gasteiger partial charge in [-0.1, -0.05) is 36.4 Å². The van der Waals surface area contributed by atoms with Gasteiger partial charge in [0.25, 0.3) is 10.0 Å². The van der Waals surface area contributed by atoms with Crippen molar-refractivity contribution in [2.75, 3.05) is 5.32 Å². The van der Waals surface area contributed by atoms with E-state index in [1.807, 2.05) is 12.1 Å². The number of halogens is 1. The minimum absolute atomic E-state index is 0. The van der Waals surface area contributed by atoms with Gasteiger partial charge in [0.05, 0.1) is 27.9 Å². The smallest absolute Gasteiger partial charge is 0.268 e. The molecule has 1 saturated carbocycles. The van der Waals surface area contributed by atoms with Crippen LogP contribution in [0.15, 0.2) is 71.9 Å². The SMILES string of the molecule is Cl.N#Cc1cnc(N[C@@H]2CCC[C@H](N)C2)nc1-c1cn(S(=O)(=O)c2ccccc2)c2ccccc12. The second-order valence-corrected chi connectivity index (χ2v) is 10.3. The van der Waals surface area contributed by atoms with Crippen molar-refractivity contribution < 1.29 is 8.42 Å². The average Bonchev–Trinajstić information content (AvgIpc) is 3.25. The third-order valence-electron chi connectivity index (χ3n) is 6.19. The molecule has 4 aromatic rings. The lowest BCUT2D eigenvalue weighted by Gasteiger charge is -2.27. The molecule has 1 fully saturated rings. The third kappa shape index (κ3) is 4.73. The normalized spacial score (nSPS) is 17.9. The van der Waals surface area contributed by atoms with Crippen LogP contribution >= 0.6 is 12.4 Å². The van der Waals surface area contributed by atoms with Crippen LogP contribution in [-0.2, 0) is 10.0 Å². The largest absolute Gasteiger partial charge is 0.351 e. The molecular formula is C25H25ClN6O2S. The number of benzene rings is 2. The monoisotopic (exact) mass is 508 g/mol. The number of nitrogens with one attached hydrogen (secondary N) is 1. The van der Waals surface area contributed by atoms with Crippen molar-refractivity contribution in [1.29, 1.82) is 5.26 Å². The lowest BCUT2D eigenvalue weighted by molar-refractivity contribution is 0.408. The van der Waals surface area contributed by atoms with Crippen LogP contribution < -0.4 is 11.1 Å². The van der Waals surface area contributed by atoms with Crippen molar-refractivity contribution in [3.63, 3.8) is 0 Å². The van der Waals surface area contributed by atoms with Crippen molar-refractivity contribution in [3.8, 4) is 17.3 Å². The van der Waals surface area contributed by atoms with E-state index >= 15 is 0 Å². The molecule has 0 bridgehead atoms. The summed E-state index contributed by atoms with van der Waals surface area (Å²) in [7, 11) is -3.85. The summed E-state index contributed by atoms with van der Waals surface area (Å²) in [5.41, 5.74) is 7.84. The number of anilines is 1. The van der Waals surface area contributed by atoms with Crippen LogP contribution in [0, 0.1) is 11.3 Å². The van der Waals surface area contributed by atoms with E-state index in [0.717, 1.165) is 25.7 Å². The summed E-state index contributed by atoms with van der Waals surface area (Å²) in [5, 5.41) is 13.8. The van der Waals surface area contributed by atoms with Crippen LogP contribution in [-0.4, -0.2) is 34.4 Å². The summed E-state index contributed by atoms with van der Waals surface area (Å²) in [6.45, 7) is 0. The van der Waals surface area contributed by atoms with Crippen LogP contribution in [0.4, 0.5) is 5.95 Å². The Labute approximate surface area is 210 Å². The molecule has 2 aromatic carbocycles. The summed E-state index contributed by atoms with van der Waals surface area (Å²) in [5.74, 6) is 0.399. The van der Waals surface area contributed by atoms with Crippen LogP contribution in [0.25, 0.3) is 22.2 Å². The van der Waals surface area contributed by atoms with E-state index in [-0.39, 0.29) is 34.9 Å². The Kier molecular flexibility index (Phi) is 7.08. The van der Waals surface area contributed by atoms with Crippen molar-refractivity contribution in [3.05, 3.63) is 72.6 Å². The number of fused-ring (bicyclic) bond motifs is 1. The number of hydrogen-bond donors (Lipinski definition) is 2. The number of rotatable bonds is 5. The molecule has 2 heterocycles. The van der Waals surface area contributed by atoms with Crippen molar-refractivity contribution in [2.24, 2.45) is 5.73 Å². The second-order valence-electron chi connectivity index (χ2n) is 8.51. The van der Waals surface area contributed by atoms with Crippen LogP contribution in [0.2, 0.25) is 0 Å². The van der Waals surface area contributed by atoms with E-state index in [1.165, 1.54) is 16.4 Å². The predicted octanol–water partition coefficient (Wildman–Crippen LogP) is 4.31. The molecule has 5 rings (SSSR count). The van der Waals surface area contributed by atoms with Gasteiger partial charge >= 0.3 is 0 Å². The number of para-hydroxylation sites is 1. The molecule has 0 unspecified atom stereocenters. The summed E-state index contributed by atoms with van der Waals surface area (Å²) >= 11 is 0. The zero-order chi connectivity index (χ0) is 23.7. The van der Waals surface area contributed by atoms with Crippen LogP contribution in [0.3, 0.4) is 0 Å². The van der Waals surface area contributed by atoms with Crippen molar-refractivity contribution in [1.82, 2.24) is 13.9 Å². The zero-order valence-electron chi connectivity index (χ0n) is 18.8. The van der Waals surface area contributed by atoms with E-state index in [4.69, 9.17) is 5.73 Å². The van der Waals surface area contributed by atoms with E-state index < -0.39 is 10.0 Å². The predicted molar refractivity (Wildman–Crippen MR) is 138 cm³/mol.